The average molecular weight is 715 g/mol. The largest absolute Gasteiger partial charge is 0.469 e. The summed E-state index contributed by atoms with van der Waals surface area (Å²) in [5, 5.41) is 0. The molecule has 0 fully saturated rings. The Morgan fingerprint density at radius 2 is 0.659 bits per heavy atom. The third-order valence-electron chi connectivity index (χ3n) is 5.66. The third-order valence-corrected chi connectivity index (χ3v) is 5.66. The van der Waals surface area contributed by atoms with Crippen molar-refractivity contribution >= 4 is 0 Å². The Morgan fingerprint density at radius 3 is 0.886 bits per heavy atom. The normalized spacial score (nSPS) is 16.5. The van der Waals surface area contributed by atoms with Gasteiger partial charge in [0.1, 0.15) is 12.4 Å². The SMILES string of the molecule is CC[n+]1ccn(C(F)(F)C(F)(F)C(F)(F)C(F)(F)C(F)(F)C(F)(F)C(F)(F)C(F)(F)C(F)(F)C(F)(F)C(F)(F)C(F)(F)F)c1. The fourth-order valence-corrected chi connectivity index (χ4v) is 2.85. The highest BCUT2D eigenvalue weighted by atomic mass is 19.4. The minimum atomic E-state index is -9.59. The molecule has 0 radical (unpaired) electrons. The number of rotatable bonds is 12. The molecule has 0 aliphatic heterocycles. The smallest absolute Gasteiger partial charge is 0.237 e. The van der Waals surface area contributed by atoms with E-state index in [-0.39, 0.29) is 18.7 Å². The van der Waals surface area contributed by atoms with E-state index < -0.39 is 82.6 Å². The summed E-state index contributed by atoms with van der Waals surface area (Å²) in [5.41, 5.74) is 0. The van der Waals surface area contributed by atoms with Crippen LogP contribution in [0.15, 0.2) is 18.7 Å². The monoisotopic (exact) mass is 715 g/mol. The number of aryl methyl sites for hydroxylation is 1. The Hall–Kier alpha value is -2.54. The molecule has 0 aliphatic rings. The molecule has 27 heteroatoms. The summed E-state index contributed by atoms with van der Waals surface area (Å²) >= 11 is 0. The van der Waals surface area contributed by atoms with Crippen molar-refractivity contribution in [1.82, 2.24) is 4.57 Å². The molecule has 0 unspecified atom stereocenters. The highest BCUT2D eigenvalue weighted by molar-refractivity contribution is 5.19. The summed E-state index contributed by atoms with van der Waals surface area (Å²) in [6, 6.07) is -6.98. The predicted octanol–water partition coefficient (Wildman–Crippen LogP) is 8.26. The first kappa shape index (κ1) is 39.5. The average Bonchev–Trinajstić information content (AvgIpc) is 3.32. The fourth-order valence-electron chi connectivity index (χ4n) is 2.85. The van der Waals surface area contributed by atoms with Crippen molar-refractivity contribution < 1.29 is 114 Å². The van der Waals surface area contributed by atoms with Gasteiger partial charge in [-0.05, 0) is 6.92 Å². The Kier molecular flexibility index (Phi) is 8.95. The van der Waals surface area contributed by atoms with E-state index >= 15 is 0 Å². The number of hydrogen-bond acceptors (Lipinski definition) is 0. The number of hydrogen-bond donors (Lipinski definition) is 0. The molecule has 2 nitrogen and oxygen atoms in total. The van der Waals surface area contributed by atoms with Crippen LogP contribution in [0.3, 0.4) is 0 Å². The summed E-state index contributed by atoms with van der Waals surface area (Å²) in [4.78, 5) is 0. The minimum Gasteiger partial charge on any atom is -0.237 e. The quantitative estimate of drug-likeness (QED) is 0.152. The summed E-state index contributed by atoms with van der Waals surface area (Å²) in [7, 11) is 0. The molecule has 0 saturated heterocycles. The molecule has 0 spiro atoms. The topological polar surface area (TPSA) is 8.81 Å². The number of aromatic nitrogens is 2. The lowest BCUT2D eigenvalue weighted by molar-refractivity contribution is -0.694. The van der Waals surface area contributed by atoms with E-state index in [1.807, 2.05) is 0 Å². The lowest BCUT2D eigenvalue weighted by Crippen LogP contribution is -2.78. The van der Waals surface area contributed by atoms with Crippen LogP contribution in [0, 0.1) is 0 Å². The van der Waals surface area contributed by atoms with Gasteiger partial charge in [0.25, 0.3) is 0 Å². The maximum Gasteiger partial charge on any atom is 0.469 e. The minimum absolute atomic E-state index is 0.268. The van der Waals surface area contributed by atoms with Crippen molar-refractivity contribution in [2.45, 2.75) is 84.9 Å². The zero-order valence-corrected chi connectivity index (χ0v) is 19.8. The van der Waals surface area contributed by atoms with Gasteiger partial charge in [0, 0.05) is 0 Å². The van der Waals surface area contributed by atoms with Crippen LogP contribution in [0.1, 0.15) is 6.92 Å². The summed E-state index contributed by atoms with van der Waals surface area (Å²) < 4.78 is 335. The molecule has 0 aromatic carbocycles. The molecule has 260 valence electrons. The van der Waals surface area contributed by atoms with Crippen LogP contribution < -0.4 is 4.57 Å². The first-order valence-corrected chi connectivity index (χ1v) is 10.1. The Labute approximate surface area is 224 Å². The number of alkyl halides is 25. The van der Waals surface area contributed by atoms with Crippen LogP contribution in [-0.4, -0.2) is 70.0 Å². The van der Waals surface area contributed by atoms with E-state index in [1.165, 1.54) is 0 Å². The summed E-state index contributed by atoms with van der Waals surface area (Å²) in [5.74, 6) is -91.5. The fraction of sp³-hybridized carbons (Fsp3) is 0.824. The van der Waals surface area contributed by atoms with E-state index in [4.69, 9.17) is 0 Å². The van der Waals surface area contributed by atoms with Crippen molar-refractivity contribution in [3.05, 3.63) is 18.7 Å². The van der Waals surface area contributed by atoms with Gasteiger partial charge in [-0.25, -0.2) is 4.57 Å². The number of halogens is 25. The van der Waals surface area contributed by atoms with E-state index in [1.54, 1.807) is 0 Å². The zero-order valence-electron chi connectivity index (χ0n) is 19.8. The van der Waals surface area contributed by atoms with E-state index in [9.17, 15) is 110 Å². The molecular formula is C17H8F25N2+. The van der Waals surface area contributed by atoms with Crippen LogP contribution in [0.2, 0.25) is 0 Å². The number of nitrogens with zero attached hydrogens (tertiary/aromatic N) is 2. The van der Waals surface area contributed by atoms with Crippen LogP contribution >= 0.6 is 0 Å². The second-order valence-corrected chi connectivity index (χ2v) is 8.43. The molecule has 1 heterocycles. The Balaban J connectivity index is 3.90. The molecule has 1 aromatic rings. The third kappa shape index (κ3) is 4.53. The molecule has 44 heavy (non-hydrogen) atoms. The molecule has 1 aromatic heterocycles. The van der Waals surface area contributed by atoms with Crippen molar-refractivity contribution in [3.63, 3.8) is 0 Å². The van der Waals surface area contributed by atoms with Gasteiger partial charge < -0.3 is 0 Å². The van der Waals surface area contributed by atoms with Gasteiger partial charge in [0.05, 0.1) is 6.54 Å². The molecule has 0 N–H and O–H groups in total. The van der Waals surface area contributed by atoms with Gasteiger partial charge in [-0.3, -0.25) is 0 Å². The lowest BCUT2D eigenvalue weighted by Gasteiger charge is -2.45. The Morgan fingerprint density at radius 1 is 0.409 bits per heavy atom. The highest BCUT2D eigenvalue weighted by Crippen LogP contribution is 2.68. The molecule has 0 amide bonds. The second-order valence-electron chi connectivity index (χ2n) is 8.43. The van der Waals surface area contributed by atoms with Gasteiger partial charge in [-0.1, -0.05) is 0 Å². The van der Waals surface area contributed by atoms with Gasteiger partial charge in [-0.2, -0.15) is 114 Å². The van der Waals surface area contributed by atoms with E-state index in [0.717, 1.165) is 6.92 Å². The van der Waals surface area contributed by atoms with Crippen LogP contribution in [0.4, 0.5) is 110 Å². The van der Waals surface area contributed by atoms with Gasteiger partial charge in [0.2, 0.25) is 6.33 Å². The van der Waals surface area contributed by atoms with Crippen molar-refractivity contribution in [2.24, 2.45) is 0 Å². The second kappa shape index (κ2) is 9.98. The number of imidazole rings is 1. The highest BCUT2D eigenvalue weighted by Gasteiger charge is 3.00. The van der Waals surface area contributed by atoms with Crippen LogP contribution in [-0.2, 0) is 12.6 Å². The first-order chi connectivity index (χ1) is 18.8. The van der Waals surface area contributed by atoms with E-state index in [0.29, 0.717) is 4.57 Å². The molecular weight excluding hydrogens is 707 g/mol. The van der Waals surface area contributed by atoms with Gasteiger partial charge in [0.15, 0.2) is 0 Å². The van der Waals surface area contributed by atoms with E-state index in [2.05, 4.69) is 0 Å². The molecule has 0 saturated carbocycles. The molecule has 0 bridgehead atoms. The van der Waals surface area contributed by atoms with Crippen molar-refractivity contribution in [2.75, 3.05) is 0 Å². The van der Waals surface area contributed by atoms with Crippen molar-refractivity contribution in [1.29, 1.82) is 0 Å². The zero-order chi connectivity index (χ0) is 36.0. The van der Waals surface area contributed by atoms with Crippen molar-refractivity contribution in [3.8, 4) is 0 Å². The molecule has 0 aliphatic carbocycles. The predicted molar refractivity (Wildman–Crippen MR) is 86.0 cm³/mol. The standard InChI is InChI=1S/C17H8F25N2/c1-2-43-3-4-44(5-43)17(41,42)15(36,37)13(32,33)11(28,29)9(24,25)7(20,21)6(18,19)8(22,23)10(26,27)12(30,31)14(34,35)16(38,39)40/h3-5H,2H2,1H3/q+1. The molecule has 1 rings (SSSR count). The van der Waals surface area contributed by atoms with Gasteiger partial charge >= 0.3 is 71.4 Å². The summed E-state index contributed by atoms with van der Waals surface area (Å²) in [6.45, 7) is 0.485. The summed E-state index contributed by atoms with van der Waals surface area (Å²) in [6.07, 6.45) is -8.64. The first-order valence-electron chi connectivity index (χ1n) is 10.1. The van der Waals surface area contributed by atoms with Gasteiger partial charge in [-0.15, -0.1) is 0 Å². The van der Waals surface area contributed by atoms with Crippen LogP contribution in [0.25, 0.3) is 0 Å². The maximum atomic E-state index is 14.1. The Bertz CT molecular complexity index is 1190. The lowest BCUT2D eigenvalue weighted by atomic mass is 9.85. The maximum absolute atomic E-state index is 14.1. The molecule has 0 atom stereocenters. The van der Waals surface area contributed by atoms with Crippen LogP contribution in [0.5, 0.6) is 0 Å².